The molecule has 0 aromatic heterocycles. The third-order valence-electron chi connectivity index (χ3n) is 11.8. The zero-order chi connectivity index (χ0) is 51.4. The molecule has 4 N–H and O–H groups in total. The van der Waals surface area contributed by atoms with Gasteiger partial charge in [-0.05, 0) is 80.2 Å². The fourth-order valence-electron chi connectivity index (χ4n) is 7.14. The van der Waals surface area contributed by atoms with Crippen LogP contribution in [0.25, 0.3) is 0 Å². The van der Waals surface area contributed by atoms with Gasteiger partial charge in [0.15, 0.2) is 0 Å². The highest BCUT2D eigenvalue weighted by Crippen LogP contribution is 2.18. The van der Waals surface area contributed by atoms with Gasteiger partial charge < -0.3 is 50.3 Å². The van der Waals surface area contributed by atoms with E-state index in [1.54, 1.807) is 58.0 Å². The van der Waals surface area contributed by atoms with Crippen molar-refractivity contribution in [1.29, 1.82) is 0 Å². The minimum atomic E-state index is -1.61. The molecule has 1 aromatic rings. The first-order chi connectivity index (χ1) is 30.9. The fourth-order valence-corrected chi connectivity index (χ4v) is 7.14. The molecule has 20 heteroatoms. The number of aliphatic hydroxyl groups is 1. The van der Waals surface area contributed by atoms with Crippen LogP contribution >= 0.6 is 0 Å². The minimum absolute atomic E-state index is 0.00854. The van der Waals surface area contributed by atoms with Crippen LogP contribution in [0.15, 0.2) is 35.3 Å². The molecule has 0 saturated heterocycles. The van der Waals surface area contributed by atoms with Crippen molar-refractivity contribution in [2.75, 3.05) is 41.8 Å². The van der Waals surface area contributed by atoms with Crippen LogP contribution in [0.5, 0.6) is 0 Å². The normalized spacial score (nSPS) is 27.6. The van der Waals surface area contributed by atoms with Gasteiger partial charge >= 0.3 is 0 Å². The van der Waals surface area contributed by atoms with E-state index in [4.69, 9.17) is 4.74 Å². The van der Waals surface area contributed by atoms with E-state index < -0.39 is 119 Å². The number of aliphatic hydroxyl groups excluding tert-OH is 1. The van der Waals surface area contributed by atoms with E-state index in [-0.39, 0.29) is 31.8 Å². The SMILES string of the molecule is CC(C)C[C@H]1C(=O)N[C@@H](COC(C)(C)C)C(=O)N[C@@H](C)CC(=O)N[C@H](C)C(=O)N(C)[C@@H](C)C(=O)N(C)[C@@H](Cc2ccccc2)C(=O)N(C)[C@@H](C)C(=O)/N=C(/[C@@H](C)O)C(=O)N(C)[C@@H](C)C(=O)N1C. The number of carbonyl (C=O) groups excluding carboxylic acids is 9. The molecule has 1 aliphatic heterocycles. The number of hydrogen-bond donors (Lipinski definition) is 4. The largest absolute Gasteiger partial charge is 0.387 e. The zero-order valence-corrected chi connectivity index (χ0v) is 42.2. The van der Waals surface area contributed by atoms with Crippen molar-refractivity contribution in [2.24, 2.45) is 10.9 Å². The molecule has 0 unspecified atom stereocenters. The maximum absolute atomic E-state index is 14.4. The molecular formula is C47H75N9O11. The molecule has 374 valence electrons. The van der Waals surface area contributed by atoms with Gasteiger partial charge in [-0.1, -0.05) is 44.2 Å². The molecule has 0 fully saturated rings. The number of ether oxygens (including phenoxy) is 1. The van der Waals surface area contributed by atoms with Crippen LogP contribution < -0.4 is 16.0 Å². The molecule has 1 aliphatic rings. The summed E-state index contributed by atoms with van der Waals surface area (Å²) in [6, 6.07) is -0.501. The maximum Gasteiger partial charge on any atom is 0.271 e. The Morgan fingerprint density at radius 1 is 0.672 bits per heavy atom. The molecule has 9 amide bonds. The number of benzene rings is 1. The Kier molecular flexibility index (Phi) is 21.3. The summed E-state index contributed by atoms with van der Waals surface area (Å²) in [7, 11) is 6.77. The Labute approximate surface area is 395 Å². The van der Waals surface area contributed by atoms with Crippen molar-refractivity contribution in [3.8, 4) is 0 Å². The first-order valence-electron chi connectivity index (χ1n) is 22.6. The van der Waals surface area contributed by atoms with Crippen LogP contribution in [0.3, 0.4) is 0 Å². The summed E-state index contributed by atoms with van der Waals surface area (Å²) in [5.41, 5.74) is -0.668. The Bertz CT molecular complexity index is 1990. The number of rotatable bonds is 7. The number of hydrogen-bond acceptors (Lipinski definition) is 11. The highest BCUT2D eigenvalue weighted by atomic mass is 16.5. The second-order valence-electron chi connectivity index (χ2n) is 19.0. The summed E-state index contributed by atoms with van der Waals surface area (Å²) >= 11 is 0. The summed E-state index contributed by atoms with van der Waals surface area (Å²) in [5.74, 6) is -6.72. The third kappa shape index (κ3) is 16.2. The molecule has 1 heterocycles. The van der Waals surface area contributed by atoms with Crippen LogP contribution in [0, 0.1) is 5.92 Å². The average Bonchev–Trinajstić information content (AvgIpc) is 3.26. The number of amides is 9. The van der Waals surface area contributed by atoms with Gasteiger partial charge in [0.05, 0.1) is 18.3 Å². The lowest BCUT2D eigenvalue weighted by Crippen LogP contribution is -2.59. The van der Waals surface area contributed by atoms with E-state index in [2.05, 4.69) is 20.9 Å². The van der Waals surface area contributed by atoms with E-state index in [1.807, 2.05) is 13.8 Å². The average molecular weight is 942 g/mol. The highest BCUT2D eigenvalue weighted by Gasteiger charge is 2.39. The molecule has 0 bridgehead atoms. The van der Waals surface area contributed by atoms with E-state index in [9.17, 15) is 48.3 Å². The summed E-state index contributed by atoms with van der Waals surface area (Å²) in [4.78, 5) is 135. The van der Waals surface area contributed by atoms with Crippen LogP contribution in [-0.4, -0.2) is 190 Å². The van der Waals surface area contributed by atoms with Crippen molar-refractivity contribution in [2.45, 2.75) is 155 Å². The van der Waals surface area contributed by atoms with Gasteiger partial charge in [-0.25, -0.2) is 4.99 Å². The lowest BCUT2D eigenvalue weighted by molar-refractivity contribution is -0.151. The molecule has 2 rings (SSSR count). The van der Waals surface area contributed by atoms with E-state index >= 15 is 0 Å². The van der Waals surface area contributed by atoms with Gasteiger partial charge in [-0.2, -0.15) is 0 Å². The summed E-state index contributed by atoms with van der Waals surface area (Å²) in [5, 5.41) is 18.8. The number of carbonyl (C=O) groups is 9. The Morgan fingerprint density at radius 3 is 1.72 bits per heavy atom. The summed E-state index contributed by atoms with van der Waals surface area (Å²) < 4.78 is 5.91. The fraction of sp³-hybridized carbons (Fsp3) is 0.660. The van der Waals surface area contributed by atoms with Crippen LogP contribution in [0.2, 0.25) is 0 Å². The van der Waals surface area contributed by atoms with Crippen molar-refractivity contribution < 1.29 is 53.0 Å². The minimum Gasteiger partial charge on any atom is -0.387 e. The summed E-state index contributed by atoms with van der Waals surface area (Å²) in [6.07, 6.45) is -1.74. The number of nitrogens with zero attached hydrogens (tertiary/aromatic N) is 6. The van der Waals surface area contributed by atoms with Crippen molar-refractivity contribution >= 4 is 58.9 Å². The maximum atomic E-state index is 14.4. The first-order valence-corrected chi connectivity index (χ1v) is 22.6. The van der Waals surface area contributed by atoms with Gasteiger partial charge in [-0.15, -0.1) is 0 Å². The second-order valence-corrected chi connectivity index (χ2v) is 19.0. The molecule has 1 aromatic carbocycles. The molecule has 67 heavy (non-hydrogen) atoms. The van der Waals surface area contributed by atoms with Crippen molar-refractivity contribution in [1.82, 2.24) is 40.4 Å². The standard InChI is InChI=1S/C47H75N9O11/c1-26(2)22-35-41(61)50-34(25-67-47(9,10)11)40(60)48-27(3)23-37(58)49-28(4)42(62)53(13)30(6)44(64)56(16)36(24-33-20-18-17-19-21-33)45(65)52(12)29(5)39(59)51-38(32(8)57)46(66)54(14)31(7)43(63)55(35)15/h17-21,26-32,34-36,57H,22-25H2,1-16H3,(H,48,60)(H,49,58)(H,50,61)/b51-38-/t27-,28+,29-,30-,31-,32+,34-,35-,36-/m0/s1. The molecule has 9 atom stereocenters. The molecule has 0 radical (unpaired) electrons. The number of nitrogens with one attached hydrogen (secondary N) is 3. The van der Waals surface area contributed by atoms with E-state index in [1.165, 1.54) is 74.8 Å². The van der Waals surface area contributed by atoms with Gasteiger partial charge in [0.25, 0.3) is 11.8 Å². The zero-order valence-electron chi connectivity index (χ0n) is 42.2. The van der Waals surface area contributed by atoms with Gasteiger partial charge in [0.2, 0.25) is 41.4 Å². The lowest BCUT2D eigenvalue weighted by Gasteiger charge is -2.36. The monoisotopic (exact) mass is 942 g/mol. The highest BCUT2D eigenvalue weighted by molar-refractivity contribution is 6.42. The van der Waals surface area contributed by atoms with E-state index in [0.717, 1.165) is 19.6 Å². The Hall–Kier alpha value is -5.76. The molecule has 0 spiro atoms. The van der Waals surface area contributed by atoms with Gasteiger partial charge in [0.1, 0.15) is 48.0 Å². The number of likely N-dealkylation sites (N-methyl/N-ethyl adjacent to an activating group) is 5. The predicted molar refractivity (Wildman–Crippen MR) is 251 cm³/mol. The Morgan fingerprint density at radius 2 is 1.19 bits per heavy atom. The molecule has 0 saturated carbocycles. The van der Waals surface area contributed by atoms with Crippen molar-refractivity contribution in [3.05, 3.63) is 35.9 Å². The van der Waals surface area contributed by atoms with Crippen molar-refractivity contribution in [3.63, 3.8) is 0 Å². The Balaban J connectivity index is 2.75. The van der Waals surface area contributed by atoms with Gasteiger partial charge in [0, 0.05) is 54.1 Å². The topological polar surface area (TPSA) is 248 Å². The second kappa shape index (κ2) is 24.8. The first kappa shape index (κ1) is 57.4. The molecular weight excluding hydrogens is 867 g/mol. The third-order valence-corrected chi connectivity index (χ3v) is 11.8. The van der Waals surface area contributed by atoms with Crippen LogP contribution in [-0.2, 0) is 54.3 Å². The van der Waals surface area contributed by atoms with Crippen LogP contribution in [0.1, 0.15) is 94.6 Å². The number of aliphatic imine (C=N–C) groups is 1. The molecule has 20 nitrogen and oxygen atoms in total. The molecule has 0 aliphatic carbocycles. The lowest BCUT2D eigenvalue weighted by atomic mass is 10.0. The van der Waals surface area contributed by atoms with Crippen LogP contribution in [0.4, 0.5) is 0 Å². The predicted octanol–water partition coefficient (Wildman–Crippen LogP) is 0.531. The van der Waals surface area contributed by atoms with E-state index in [0.29, 0.717) is 5.56 Å². The quantitative estimate of drug-likeness (QED) is 0.294. The van der Waals surface area contributed by atoms with Gasteiger partial charge in [-0.3, -0.25) is 43.2 Å². The smallest absolute Gasteiger partial charge is 0.271 e. The summed E-state index contributed by atoms with van der Waals surface area (Å²) in [6.45, 7) is 17.2.